The third kappa shape index (κ3) is 4.08. The number of ether oxygens (including phenoxy) is 2. The molecule has 0 aliphatic heterocycles. The average Bonchev–Trinajstić information content (AvgIpc) is 3.12. The van der Waals surface area contributed by atoms with Gasteiger partial charge in [0.05, 0.1) is 46.7 Å². The van der Waals surface area contributed by atoms with E-state index >= 15 is 0 Å². The van der Waals surface area contributed by atoms with Gasteiger partial charge in [0.2, 0.25) is 5.78 Å². The second kappa shape index (κ2) is 9.05. The highest BCUT2D eigenvalue weighted by atomic mass is 35.5. The largest absolute Gasteiger partial charge is 0.497 e. The summed E-state index contributed by atoms with van der Waals surface area (Å²) >= 11 is 12.1. The molecule has 0 spiro atoms. The van der Waals surface area contributed by atoms with Crippen molar-refractivity contribution in [2.45, 2.75) is 0 Å². The molecule has 0 saturated carbocycles. The van der Waals surface area contributed by atoms with Gasteiger partial charge in [0, 0.05) is 17.8 Å². The lowest BCUT2D eigenvalue weighted by Gasteiger charge is -2.12. The second-order valence-electron chi connectivity index (χ2n) is 7.07. The first-order valence-corrected chi connectivity index (χ1v) is 10.5. The maximum atomic E-state index is 13.4. The van der Waals surface area contributed by atoms with E-state index in [1.807, 2.05) is 0 Å². The van der Waals surface area contributed by atoms with Crippen LogP contribution in [0.25, 0.3) is 5.52 Å². The Morgan fingerprint density at radius 3 is 2.45 bits per heavy atom. The number of hydrogen-bond donors (Lipinski definition) is 2. The van der Waals surface area contributed by atoms with Gasteiger partial charge in [0.1, 0.15) is 17.2 Å². The van der Waals surface area contributed by atoms with E-state index in [1.54, 1.807) is 53.1 Å². The minimum absolute atomic E-state index is 0.0386. The van der Waals surface area contributed by atoms with Gasteiger partial charge in [-0.1, -0.05) is 29.3 Å². The van der Waals surface area contributed by atoms with E-state index < -0.39 is 11.7 Å². The predicted molar refractivity (Wildman–Crippen MR) is 129 cm³/mol. The highest BCUT2D eigenvalue weighted by Gasteiger charge is 2.27. The maximum absolute atomic E-state index is 13.4. The Labute approximate surface area is 199 Å². The Bertz CT molecular complexity index is 1400. The summed E-state index contributed by atoms with van der Waals surface area (Å²) in [6.07, 6.45) is 1.67. The number of amides is 1. The average molecular weight is 484 g/mol. The number of ketones is 1. The molecule has 2 aromatic heterocycles. The summed E-state index contributed by atoms with van der Waals surface area (Å²) < 4.78 is 12.2. The summed E-state index contributed by atoms with van der Waals surface area (Å²) in [5.74, 6) is 0.0795. The molecule has 0 fully saturated rings. The molecule has 2 aromatic carbocycles. The van der Waals surface area contributed by atoms with Gasteiger partial charge in [-0.25, -0.2) is 0 Å². The van der Waals surface area contributed by atoms with Crippen LogP contribution in [0.5, 0.6) is 11.5 Å². The Morgan fingerprint density at radius 2 is 1.76 bits per heavy atom. The minimum atomic E-state index is -0.504. The SMILES string of the molecule is COc1ccc(OC)c(NC(=O)c2c(N)c(C(=O)c3ccc(Cl)c(Cl)c3)n3ccccc23)c1. The zero-order valence-electron chi connectivity index (χ0n) is 17.7. The number of benzene rings is 2. The van der Waals surface area contributed by atoms with Gasteiger partial charge in [-0.15, -0.1) is 0 Å². The van der Waals surface area contributed by atoms with E-state index in [1.165, 1.54) is 26.4 Å². The van der Waals surface area contributed by atoms with Gasteiger partial charge in [-0.2, -0.15) is 0 Å². The zero-order valence-corrected chi connectivity index (χ0v) is 19.2. The molecular formula is C24H19Cl2N3O4. The number of rotatable bonds is 6. The third-order valence-corrected chi connectivity index (χ3v) is 5.90. The number of nitrogens with one attached hydrogen (secondary N) is 1. The minimum Gasteiger partial charge on any atom is -0.497 e. The summed E-state index contributed by atoms with van der Waals surface area (Å²) in [5.41, 5.74) is 7.89. The van der Waals surface area contributed by atoms with Crippen LogP contribution in [0.15, 0.2) is 60.8 Å². The lowest BCUT2D eigenvalue weighted by molar-refractivity contribution is 0.102. The summed E-state index contributed by atoms with van der Waals surface area (Å²) in [5, 5.41) is 3.38. The van der Waals surface area contributed by atoms with E-state index in [2.05, 4.69) is 5.32 Å². The standard InChI is InChI=1S/C24H19Cl2N3O4/c1-32-14-7-9-19(33-2)17(12-14)28-24(31)20-18-5-3-4-10-29(18)22(21(20)27)23(30)13-6-8-15(25)16(26)11-13/h3-12H,27H2,1-2H3,(H,28,31). The fourth-order valence-corrected chi connectivity index (χ4v) is 3.87. The first-order chi connectivity index (χ1) is 15.8. The van der Waals surface area contributed by atoms with Crippen LogP contribution < -0.4 is 20.5 Å². The highest BCUT2D eigenvalue weighted by molar-refractivity contribution is 6.42. The lowest BCUT2D eigenvalue weighted by Crippen LogP contribution is -2.15. The molecule has 4 aromatic rings. The van der Waals surface area contributed by atoms with Crippen molar-refractivity contribution in [1.82, 2.24) is 4.40 Å². The third-order valence-electron chi connectivity index (χ3n) is 5.16. The van der Waals surface area contributed by atoms with Crippen LogP contribution in [-0.2, 0) is 0 Å². The number of nitrogen functional groups attached to an aromatic ring is 1. The van der Waals surface area contributed by atoms with E-state index in [4.69, 9.17) is 38.4 Å². The van der Waals surface area contributed by atoms with Crippen molar-refractivity contribution in [3.05, 3.63) is 87.7 Å². The summed E-state index contributed by atoms with van der Waals surface area (Å²) in [4.78, 5) is 26.7. The number of nitrogens with two attached hydrogens (primary N) is 1. The van der Waals surface area contributed by atoms with E-state index in [0.717, 1.165) is 0 Å². The molecule has 0 saturated heterocycles. The molecule has 4 rings (SSSR count). The number of pyridine rings is 1. The summed E-state index contributed by atoms with van der Waals surface area (Å²) in [6, 6.07) is 14.8. The van der Waals surface area contributed by atoms with E-state index in [-0.39, 0.29) is 22.0 Å². The number of carbonyl (C=O) groups is 2. The van der Waals surface area contributed by atoms with E-state index in [9.17, 15) is 9.59 Å². The Hall–Kier alpha value is -3.68. The van der Waals surface area contributed by atoms with Gasteiger partial charge in [0.25, 0.3) is 5.91 Å². The number of carbonyl (C=O) groups excluding carboxylic acids is 2. The zero-order chi connectivity index (χ0) is 23.7. The van der Waals surface area contributed by atoms with Crippen molar-refractivity contribution in [3.8, 4) is 11.5 Å². The predicted octanol–water partition coefficient (Wildman–Crippen LogP) is 5.33. The highest BCUT2D eigenvalue weighted by Crippen LogP contribution is 2.33. The van der Waals surface area contributed by atoms with Crippen LogP contribution in [0.3, 0.4) is 0 Å². The first kappa shape index (κ1) is 22.5. The molecule has 0 aliphatic rings. The quantitative estimate of drug-likeness (QED) is 0.361. The van der Waals surface area contributed by atoms with Crippen LogP contribution in [0.2, 0.25) is 10.0 Å². The van der Waals surface area contributed by atoms with Gasteiger partial charge >= 0.3 is 0 Å². The molecule has 33 heavy (non-hydrogen) atoms. The topological polar surface area (TPSA) is 95.1 Å². The lowest BCUT2D eigenvalue weighted by atomic mass is 10.1. The van der Waals surface area contributed by atoms with Gasteiger partial charge in [-0.3, -0.25) is 9.59 Å². The van der Waals surface area contributed by atoms with Crippen molar-refractivity contribution in [2.75, 3.05) is 25.3 Å². The maximum Gasteiger partial charge on any atom is 0.260 e. The molecule has 0 radical (unpaired) electrons. The molecule has 0 atom stereocenters. The van der Waals surface area contributed by atoms with Crippen molar-refractivity contribution < 1.29 is 19.1 Å². The van der Waals surface area contributed by atoms with E-state index in [0.29, 0.717) is 33.3 Å². The van der Waals surface area contributed by atoms with Gasteiger partial charge < -0.3 is 24.9 Å². The molecule has 3 N–H and O–H groups in total. The number of hydrogen-bond acceptors (Lipinski definition) is 5. The van der Waals surface area contributed by atoms with Crippen molar-refractivity contribution in [3.63, 3.8) is 0 Å². The fraction of sp³-hybridized carbons (Fsp3) is 0.0833. The first-order valence-electron chi connectivity index (χ1n) is 9.77. The van der Waals surface area contributed by atoms with Crippen LogP contribution >= 0.6 is 23.2 Å². The Morgan fingerprint density at radius 1 is 0.970 bits per heavy atom. The van der Waals surface area contributed by atoms with Gasteiger partial charge in [-0.05, 0) is 42.5 Å². The van der Waals surface area contributed by atoms with Crippen LogP contribution in [-0.4, -0.2) is 30.3 Å². The number of nitrogens with zero attached hydrogens (tertiary/aromatic N) is 1. The second-order valence-corrected chi connectivity index (χ2v) is 7.89. The van der Waals surface area contributed by atoms with Crippen LogP contribution in [0.4, 0.5) is 11.4 Å². The monoisotopic (exact) mass is 483 g/mol. The van der Waals surface area contributed by atoms with Crippen molar-refractivity contribution in [2.24, 2.45) is 0 Å². The number of halogens is 2. The number of methoxy groups -OCH3 is 2. The molecule has 7 nitrogen and oxygen atoms in total. The summed E-state index contributed by atoms with van der Waals surface area (Å²) in [7, 11) is 3.02. The van der Waals surface area contributed by atoms with Crippen molar-refractivity contribution >= 4 is 51.8 Å². The Kier molecular flexibility index (Phi) is 6.18. The number of fused-ring (bicyclic) bond motifs is 1. The fourth-order valence-electron chi connectivity index (χ4n) is 3.57. The number of anilines is 2. The molecular weight excluding hydrogens is 465 g/mol. The normalized spacial score (nSPS) is 10.8. The van der Waals surface area contributed by atoms with Gasteiger partial charge in [0.15, 0.2) is 0 Å². The Balaban J connectivity index is 1.81. The van der Waals surface area contributed by atoms with Crippen molar-refractivity contribution in [1.29, 1.82) is 0 Å². The molecule has 168 valence electrons. The van der Waals surface area contributed by atoms with Crippen LogP contribution in [0, 0.1) is 0 Å². The molecule has 9 heteroatoms. The smallest absolute Gasteiger partial charge is 0.260 e. The molecule has 1 amide bonds. The summed E-state index contributed by atoms with van der Waals surface area (Å²) in [6.45, 7) is 0. The molecule has 0 bridgehead atoms. The van der Waals surface area contributed by atoms with Crippen LogP contribution in [0.1, 0.15) is 26.4 Å². The molecule has 0 unspecified atom stereocenters. The number of aromatic nitrogens is 1. The molecule has 2 heterocycles. The molecule has 0 aliphatic carbocycles.